The normalized spacial score (nSPS) is 10.5. The van der Waals surface area contributed by atoms with Crippen LogP contribution in [0.2, 0.25) is 0 Å². The Hall–Kier alpha value is -1.13. The Kier molecular flexibility index (Phi) is 3.18. The monoisotopic (exact) mass is 266 g/mol. The first-order valence-electron chi connectivity index (χ1n) is 4.71. The summed E-state index contributed by atoms with van der Waals surface area (Å²) in [5, 5.41) is 13.0. The maximum atomic E-state index is 8.80. The van der Waals surface area contributed by atoms with Gasteiger partial charge in [-0.15, -0.1) is 0 Å². The summed E-state index contributed by atoms with van der Waals surface area (Å²) in [6, 6.07) is 7.90. The molecule has 0 saturated carbocycles. The topological polar surface area (TPSA) is 45.1 Å². The highest BCUT2D eigenvalue weighted by molar-refractivity contribution is 9.10. The first kappa shape index (κ1) is 10.4. The molecule has 15 heavy (non-hydrogen) atoms. The Balaban J connectivity index is 2.53. The minimum Gasteiger partial charge on any atom is -0.395 e. The zero-order chi connectivity index (χ0) is 10.7. The highest BCUT2D eigenvalue weighted by Crippen LogP contribution is 2.29. The van der Waals surface area contributed by atoms with E-state index in [9.17, 15) is 0 Å². The van der Waals surface area contributed by atoms with Crippen molar-refractivity contribution in [3.05, 3.63) is 34.9 Å². The molecule has 0 aliphatic carbocycles. The smallest absolute Gasteiger partial charge is 0.0723 e. The molecule has 1 heterocycles. The second-order valence-electron chi connectivity index (χ2n) is 3.15. The lowest BCUT2D eigenvalue weighted by Gasteiger charge is -2.10. The van der Waals surface area contributed by atoms with Gasteiger partial charge in [0.25, 0.3) is 0 Å². The lowest BCUT2D eigenvalue weighted by atomic mass is 10.2. The molecule has 4 heteroatoms. The van der Waals surface area contributed by atoms with Crippen LogP contribution in [0, 0.1) is 0 Å². The number of benzene rings is 1. The van der Waals surface area contributed by atoms with Gasteiger partial charge in [-0.1, -0.05) is 18.2 Å². The summed E-state index contributed by atoms with van der Waals surface area (Å²) in [5.74, 6) is 0. The first-order valence-corrected chi connectivity index (χ1v) is 5.50. The average molecular weight is 267 g/mol. The fourth-order valence-corrected chi connectivity index (χ4v) is 1.93. The van der Waals surface area contributed by atoms with E-state index in [0.717, 1.165) is 21.1 Å². The molecule has 0 aliphatic rings. The molecule has 0 radical (unpaired) electrons. The van der Waals surface area contributed by atoms with Crippen LogP contribution < -0.4 is 5.32 Å². The summed E-state index contributed by atoms with van der Waals surface area (Å²) >= 11 is 3.44. The van der Waals surface area contributed by atoms with Crippen molar-refractivity contribution in [2.45, 2.75) is 0 Å². The minimum atomic E-state index is 0.114. The van der Waals surface area contributed by atoms with Crippen LogP contribution in [0.5, 0.6) is 0 Å². The van der Waals surface area contributed by atoms with Crippen LogP contribution in [-0.2, 0) is 0 Å². The number of hydrogen-bond acceptors (Lipinski definition) is 3. The predicted molar refractivity (Wildman–Crippen MR) is 65.0 cm³/mol. The fourth-order valence-electron chi connectivity index (χ4n) is 1.48. The lowest BCUT2D eigenvalue weighted by Crippen LogP contribution is -2.06. The Morgan fingerprint density at radius 2 is 2.13 bits per heavy atom. The first-order chi connectivity index (χ1) is 7.33. The van der Waals surface area contributed by atoms with Crippen molar-refractivity contribution in [2.24, 2.45) is 0 Å². The Bertz CT molecular complexity index is 473. The fraction of sp³-hybridized carbons (Fsp3) is 0.182. The van der Waals surface area contributed by atoms with Crippen molar-refractivity contribution in [1.82, 2.24) is 4.98 Å². The molecule has 0 atom stereocenters. The number of aliphatic hydroxyl groups is 1. The summed E-state index contributed by atoms with van der Waals surface area (Å²) in [4.78, 5) is 4.30. The van der Waals surface area contributed by atoms with Crippen LogP contribution >= 0.6 is 15.9 Å². The Labute approximate surface area is 96.3 Å². The van der Waals surface area contributed by atoms with Crippen molar-refractivity contribution in [3.63, 3.8) is 0 Å². The number of hydrogen-bond donors (Lipinski definition) is 2. The van der Waals surface area contributed by atoms with Gasteiger partial charge in [-0.2, -0.15) is 0 Å². The molecule has 0 fully saturated rings. The van der Waals surface area contributed by atoms with Gasteiger partial charge in [0.1, 0.15) is 0 Å². The zero-order valence-electron chi connectivity index (χ0n) is 8.07. The van der Waals surface area contributed by atoms with E-state index in [1.807, 2.05) is 24.3 Å². The summed E-state index contributed by atoms with van der Waals surface area (Å²) in [7, 11) is 0. The molecule has 0 aliphatic heterocycles. The number of halogens is 1. The molecule has 78 valence electrons. The molecule has 2 aromatic rings. The number of pyridine rings is 1. The third kappa shape index (κ3) is 2.11. The number of anilines is 1. The number of aromatic nitrogens is 1. The SMILES string of the molecule is OCCNc1c(Br)cnc2ccccc12. The van der Waals surface area contributed by atoms with Crippen LogP contribution in [-0.4, -0.2) is 23.2 Å². The molecule has 0 spiro atoms. The number of nitrogens with zero attached hydrogens (tertiary/aromatic N) is 1. The van der Waals surface area contributed by atoms with Gasteiger partial charge >= 0.3 is 0 Å². The number of rotatable bonds is 3. The van der Waals surface area contributed by atoms with Crippen LogP contribution in [0.1, 0.15) is 0 Å². The molecule has 0 saturated heterocycles. The number of aliphatic hydroxyl groups excluding tert-OH is 1. The largest absolute Gasteiger partial charge is 0.395 e. The third-order valence-electron chi connectivity index (χ3n) is 2.14. The summed E-state index contributed by atoms with van der Waals surface area (Å²) in [5.41, 5.74) is 1.93. The van der Waals surface area contributed by atoms with E-state index in [2.05, 4.69) is 26.2 Å². The van der Waals surface area contributed by atoms with Crippen molar-refractivity contribution >= 4 is 32.5 Å². The lowest BCUT2D eigenvalue weighted by molar-refractivity contribution is 0.311. The van der Waals surface area contributed by atoms with Crippen molar-refractivity contribution < 1.29 is 5.11 Å². The van der Waals surface area contributed by atoms with E-state index >= 15 is 0 Å². The molecule has 3 nitrogen and oxygen atoms in total. The molecule has 2 rings (SSSR count). The van der Waals surface area contributed by atoms with Crippen LogP contribution in [0.25, 0.3) is 10.9 Å². The summed E-state index contributed by atoms with van der Waals surface area (Å²) in [6.45, 7) is 0.649. The maximum Gasteiger partial charge on any atom is 0.0723 e. The number of para-hydroxylation sites is 1. The third-order valence-corrected chi connectivity index (χ3v) is 2.74. The van der Waals surface area contributed by atoms with Gasteiger partial charge < -0.3 is 10.4 Å². The van der Waals surface area contributed by atoms with Gasteiger partial charge in [0, 0.05) is 18.1 Å². The van der Waals surface area contributed by atoms with E-state index in [0.29, 0.717) is 6.54 Å². The van der Waals surface area contributed by atoms with Gasteiger partial charge in [0.15, 0.2) is 0 Å². The molecule has 0 unspecified atom stereocenters. The van der Waals surface area contributed by atoms with E-state index in [4.69, 9.17) is 5.11 Å². The predicted octanol–water partition coefficient (Wildman–Crippen LogP) is 2.40. The minimum absolute atomic E-state index is 0.114. The maximum absolute atomic E-state index is 8.80. The van der Waals surface area contributed by atoms with E-state index in [1.165, 1.54) is 0 Å². The van der Waals surface area contributed by atoms with Crippen LogP contribution in [0.3, 0.4) is 0 Å². The van der Waals surface area contributed by atoms with Crippen molar-refractivity contribution in [1.29, 1.82) is 0 Å². The average Bonchev–Trinajstić information content (AvgIpc) is 2.28. The number of fused-ring (bicyclic) bond motifs is 1. The summed E-state index contributed by atoms with van der Waals surface area (Å²) in [6.07, 6.45) is 1.77. The zero-order valence-corrected chi connectivity index (χ0v) is 9.66. The Morgan fingerprint density at radius 3 is 2.93 bits per heavy atom. The van der Waals surface area contributed by atoms with Crippen molar-refractivity contribution in [3.8, 4) is 0 Å². The molecular weight excluding hydrogens is 256 g/mol. The van der Waals surface area contributed by atoms with Crippen molar-refractivity contribution in [2.75, 3.05) is 18.5 Å². The summed E-state index contributed by atoms with van der Waals surface area (Å²) < 4.78 is 0.912. The second-order valence-corrected chi connectivity index (χ2v) is 4.00. The Morgan fingerprint density at radius 1 is 1.33 bits per heavy atom. The highest BCUT2D eigenvalue weighted by atomic mass is 79.9. The van der Waals surface area contributed by atoms with Crippen LogP contribution in [0.15, 0.2) is 34.9 Å². The van der Waals surface area contributed by atoms with Gasteiger partial charge in [-0.05, 0) is 22.0 Å². The number of nitrogens with one attached hydrogen (secondary N) is 1. The van der Waals surface area contributed by atoms with Gasteiger partial charge in [0.2, 0.25) is 0 Å². The molecule has 1 aromatic carbocycles. The molecule has 0 bridgehead atoms. The van der Waals surface area contributed by atoms with Gasteiger partial charge in [-0.25, -0.2) is 0 Å². The second kappa shape index (κ2) is 4.59. The van der Waals surface area contributed by atoms with E-state index in [1.54, 1.807) is 6.20 Å². The van der Waals surface area contributed by atoms with E-state index < -0.39 is 0 Å². The molecular formula is C11H11BrN2O. The quantitative estimate of drug-likeness (QED) is 0.897. The van der Waals surface area contributed by atoms with Crippen LogP contribution in [0.4, 0.5) is 5.69 Å². The highest BCUT2D eigenvalue weighted by Gasteiger charge is 2.05. The van der Waals surface area contributed by atoms with E-state index in [-0.39, 0.29) is 6.61 Å². The molecule has 0 amide bonds. The molecule has 2 N–H and O–H groups in total. The van der Waals surface area contributed by atoms with Gasteiger partial charge in [0.05, 0.1) is 22.3 Å². The molecule has 1 aromatic heterocycles. The standard InChI is InChI=1S/C11H11BrN2O/c12-9-7-14-10-4-2-1-3-8(10)11(9)13-5-6-15/h1-4,7,15H,5-6H2,(H,13,14). The van der Waals surface area contributed by atoms with Gasteiger partial charge in [-0.3, -0.25) is 4.98 Å².